The van der Waals surface area contributed by atoms with E-state index in [-0.39, 0.29) is 5.78 Å². The summed E-state index contributed by atoms with van der Waals surface area (Å²) in [6, 6.07) is 20.0. The first-order valence-electron chi connectivity index (χ1n) is 11.6. The molecule has 4 nitrogen and oxygen atoms in total. The summed E-state index contributed by atoms with van der Waals surface area (Å²) in [5.41, 5.74) is 4.94. The molecule has 1 fully saturated rings. The van der Waals surface area contributed by atoms with Gasteiger partial charge < -0.3 is 10.2 Å². The predicted molar refractivity (Wildman–Crippen MR) is 133 cm³/mol. The maximum Gasteiger partial charge on any atom is 0.162 e. The highest BCUT2D eigenvalue weighted by Crippen LogP contribution is 2.21. The Morgan fingerprint density at radius 2 is 1.59 bits per heavy atom. The number of nitrogens with zero attached hydrogens (tertiary/aromatic N) is 2. The van der Waals surface area contributed by atoms with Gasteiger partial charge >= 0.3 is 0 Å². The van der Waals surface area contributed by atoms with Gasteiger partial charge in [-0.05, 0) is 92.8 Å². The standard InChI is InChI=1S/C28H31N3O/c32-28(11-1-2-18-31-19-3-4-20-31)25-8-6-10-27(22-25)30-26-9-5-7-24(21-26)13-12-23-14-16-29-17-15-23/h5-10,12-17,21-22,30H,1-4,11,18-20H2/b13-12+. The van der Waals surface area contributed by atoms with Gasteiger partial charge in [-0.1, -0.05) is 36.4 Å². The molecule has 2 heterocycles. The Balaban J connectivity index is 1.32. The summed E-state index contributed by atoms with van der Waals surface area (Å²) >= 11 is 0. The molecule has 0 saturated carbocycles. The average molecular weight is 426 g/mol. The van der Waals surface area contributed by atoms with E-state index >= 15 is 0 Å². The van der Waals surface area contributed by atoms with Crippen molar-refractivity contribution in [1.82, 2.24) is 9.88 Å². The highest BCUT2D eigenvalue weighted by atomic mass is 16.1. The van der Waals surface area contributed by atoms with Crippen LogP contribution in [-0.2, 0) is 0 Å². The van der Waals surface area contributed by atoms with Crippen molar-refractivity contribution in [3.05, 3.63) is 89.7 Å². The highest BCUT2D eigenvalue weighted by molar-refractivity contribution is 5.97. The monoisotopic (exact) mass is 425 g/mol. The molecule has 164 valence electrons. The summed E-state index contributed by atoms with van der Waals surface area (Å²) in [6.45, 7) is 3.57. The van der Waals surface area contributed by atoms with Crippen LogP contribution in [0, 0.1) is 0 Å². The highest BCUT2D eigenvalue weighted by Gasteiger charge is 2.11. The first kappa shape index (κ1) is 22.0. The Bertz CT molecular complexity index is 1040. The van der Waals surface area contributed by atoms with Crippen molar-refractivity contribution in [1.29, 1.82) is 0 Å². The van der Waals surface area contributed by atoms with Crippen molar-refractivity contribution in [3.8, 4) is 0 Å². The Morgan fingerprint density at radius 1 is 0.875 bits per heavy atom. The van der Waals surface area contributed by atoms with Gasteiger partial charge in [0.2, 0.25) is 0 Å². The van der Waals surface area contributed by atoms with Gasteiger partial charge in [-0.25, -0.2) is 0 Å². The molecule has 1 aromatic heterocycles. The van der Waals surface area contributed by atoms with Crippen LogP contribution in [0.25, 0.3) is 12.2 Å². The topological polar surface area (TPSA) is 45.2 Å². The van der Waals surface area contributed by atoms with Crippen LogP contribution in [0.2, 0.25) is 0 Å². The number of hydrogen-bond donors (Lipinski definition) is 1. The van der Waals surface area contributed by atoms with Crippen LogP contribution < -0.4 is 5.32 Å². The number of carbonyl (C=O) groups excluding carboxylic acids is 1. The van der Waals surface area contributed by atoms with Crippen LogP contribution in [0.15, 0.2) is 73.1 Å². The van der Waals surface area contributed by atoms with E-state index in [0.29, 0.717) is 6.42 Å². The van der Waals surface area contributed by atoms with Crippen molar-refractivity contribution in [2.75, 3.05) is 25.0 Å². The lowest BCUT2D eigenvalue weighted by atomic mass is 10.0. The van der Waals surface area contributed by atoms with Crippen molar-refractivity contribution in [3.63, 3.8) is 0 Å². The van der Waals surface area contributed by atoms with E-state index in [2.05, 4.69) is 39.5 Å². The summed E-state index contributed by atoms with van der Waals surface area (Å²) in [5, 5.41) is 3.44. The Morgan fingerprint density at radius 3 is 2.41 bits per heavy atom. The number of nitrogens with one attached hydrogen (secondary N) is 1. The fourth-order valence-corrected chi connectivity index (χ4v) is 4.10. The SMILES string of the molecule is O=C(CCCCN1CCCC1)c1cccc(Nc2cccc(/C=C/c3ccncc3)c2)c1. The van der Waals surface area contributed by atoms with Crippen LogP contribution >= 0.6 is 0 Å². The molecular formula is C28H31N3O. The van der Waals surface area contributed by atoms with E-state index in [1.54, 1.807) is 12.4 Å². The fourth-order valence-electron chi connectivity index (χ4n) is 4.10. The third-order valence-corrected chi connectivity index (χ3v) is 5.86. The predicted octanol–water partition coefficient (Wildman–Crippen LogP) is 6.44. The summed E-state index contributed by atoms with van der Waals surface area (Å²) in [6.07, 6.45) is 13.1. The first-order valence-corrected chi connectivity index (χ1v) is 11.6. The minimum Gasteiger partial charge on any atom is -0.355 e. The van der Waals surface area contributed by atoms with E-state index < -0.39 is 0 Å². The fraction of sp³-hybridized carbons (Fsp3) is 0.286. The zero-order chi connectivity index (χ0) is 22.0. The number of pyridine rings is 1. The number of anilines is 2. The second-order valence-corrected chi connectivity index (χ2v) is 8.37. The van der Waals surface area contributed by atoms with Crippen LogP contribution in [0.1, 0.15) is 53.6 Å². The zero-order valence-corrected chi connectivity index (χ0v) is 18.5. The number of rotatable bonds is 10. The molecule has 32 heavy (non-hydrogen) atoms. The molecule has 2 aromatic carbocycles. The molecule has 4 heteroatoms. The normalized spacial score (nSPS) is 14.1. The number of aromatic nitrogens is 1. The first-order chi connectivity index (χ1) is 15.8. The van der Waals surface area contributed by atoms with Gasteiger partial charge in [-0.2, -0.15) is 0 Å². The molecule has 1 N–H and O–H groups in total. The van der Waals surface area contributed by atoms with Gasteiger partial charge in [0.1, 0.15) is 0 Å². The van der Waals surface area contributed by atoms with E-state index in [1.807, 2.05) is 48.5 Å². The number of unbranched alkanes of at least 4 members (excludes halogenated alkanes) is 1. The minimum absolute atomic E-state index is 0.226. The van der Waals surface area contributed by atoms with Crippen molar-refractivity contribution in [2.24, 2.45) is 0 Å². The lowest BCUT2D eigenvalue weighted by Gasteiger charge is -2.13. The molecule has 0 aliphatic carbocycles. The van der Waals surface area contributed by atoms with Gasteiger partial charge in [0.05, 0.1) is 0 Å². The molecule has 0 amide bonds. The molecule has 0 radical (unpaired) electrons. The van der Waals surface area contributed by atoms with Gasteiger partial charge in [0.25, 0.3) is 0 Å². The van der Waals surface area contributed by atoms with Gasteiger partial charge in [-0.15, -0.1) is 0 Å². The number of Topliss-reactive ketones (excluding diaryl/α,β-unsaturated/α-hetero) is 1. The minimum atomic E-state index is 0.226. The van der Waals surface area contributed by atoms with Crippen molar-refractivity contribution < 1.29 is 4.79 Å². The van der Waals surface area contributed by atoms with Crippen LogP contribution in [-0.4, -0.2) is 35.3 Å². The van der Waals surface area contributed by atoms with Crippen molar-refractivity contribution in [2.45, 2.75) is 32.1 Å². The van der Waals surface area contributed by atoms with E-state index in [0.717, 1.165) is 47.5 Å². The molecule has 1 saturated heterocycles. The molecule has 0 bridgehead atoms. The lowest BCUT2D eigenvalue weighted by molar-refractivity contribution is 0.0978. The van der Waals surface area contributed by atoms with E-state index in [1.165, 1.54) is 25.9 Å². The average Bonchev–Trinajstić information content (AvgIpc) is 3.35. The smallest absolute Gasteiger partial charge is 0.162 e. The Kier molecular flexibility index (Phi) is 7.83. The van der Waals surface area contributed by atoms with Crippen LogP contribution in [0.4, 0.5) is 11.4 Å². The summed E-state index contributed by atoms with van der Waals surface area (Å²) in [4.78, 5) is 19.2. The third kappa shape index (κ3) is 6.63. The maximum atomic E-state index is 12.7. The molecule has 0 spiro atoms. The van der Waals surface area contributed by atoms with Crippen LogP contribution in [0.5, 0.6) is 0 Å². The van der Waals surface area contributed by atoms with Gasteiger partial charge in [-0.3, -0.25) is 9.78 Å². The number of ketones is 1. The third-order valence-electron chi connectivity index (χ3n) is 5.86. The maximum absolute atomic E-state index is 12.7. The molecular weight excluding hydrogens is 394 g/mol. The molecule has 1 aliphatic heterocycles. The number of likely N-dealkylation sites (tertiary alicyclic amines) is 1. The lowest BCUT2D eigenvalue weighted by Crippen LogP contribution is -2.20. The molecule has 0 atom stereocenters. The number of benzene rings is 2. The molecule has 3 aromatic rings. The summed E-state index contributed by atoms with van der Waals surface area (Å²) in [7, 11) is 0. The number of carbonyl (C=O) groups is 1. The molecule has 1 aliphatic rings. The second-order valence-electron chi connectivity index (χ2n) is 8.37. The second kappa shape index (κ2) is 11.4. The Labute approximate surface area is 191 Å². The summed E-state index contributed by atoms with van der Waals surface area (Å²) in [5.74, 6) is 0.226. The van der Waals surface area contributed by atoms with E-state index in [4.69, 9.17) is 0 Å². The Hall–Kier alpha value is -3.24. The largest absolute Gasteiger partial charge is 0.355 e. The molecule has 4 rings (SSSR count). The number of hydrogen-bond acceptors (Lipinski definition) is 4. The zero-order valence-electron chi connectivity index (χ0n) is 18.5. The summed E-state index contributed by atoms with van der Waals surface area (Å²) < 4.78 is 0. The molecule has 0 unspecified atom stereocenters. The van der Waals surface area contributed by atoms with Gasteiger partial charge in [0, 0.05) is 35.8 Å². The van der Waals surface area contributed by atoms with Crippen molar-refractivity contribution >= 4 is 29.3 Å². The van der Waals surface area contributed by atoms with Crippen LogP contribution in [0.3, 0.4) is 0 Å². The van der Waals surface area contributed by atoms with Gasteiger partial charge in [0.15, 0.2) is 5.78 Å². The van der Waals surface area contributed by atoms with E-state index in [9.17, 15) is 4.79 Å². The quantitative estimate of drug-likeness (QED) is 0.300.